The molecule has 2 rings (SSSR count). The first-order valence-corrected chi connectivity index (χ1v) is 6.27. The summed E-state index contributed by atoms with van der Waals surface area (Å²) in [6, 6.07) is 4.48. The van der Waals surface area contributed by atoms with Crippen molar-refractivity contribution in [1.82, 2.24) is 5.32 Å². The molecule has 0 saturated carbocycles. The van der Waals surface area contributed by atoms with E-state index in [2.05, 4.69) is 12.2 Å². The van der Waals surface area contributed by atoms with Gasteiger partial charge in [-0.05, 0) is 31.0 Å². The lowest BCUT2D eigenvalue weighted by atomic mass is 9.97. The van der Waals surface area contributed by atoms with Crippen LogP contribution < -0.4 is 10.1 Å². The largest absolute Gasteiger partial charge is 0.482 e. The average Bonchev–Trinajstić information content (AvgIpc) is 2.34. The van der Waals surface area contributed by atoms with Gasteiger partial charge in [0.1, 0.15) is 6.10 Å². The molecule has 18 heavy (non-hydrogen) atoms. The second-order valence-corrected chi connectivity index (χ2v) is 4.93. The molecule has 0 spiro atoms. The van der Waals surface area contributed by atoms with Crippen LogP contribution in [0.3, 0.4) is 0 Å². The van der Waals surface area contributed by atoms with E-state index in [1.807, 2.05) is 0 Å². The molecule has 2 unspecified atom stereocenters. The van der Waals surface area contributed by atoms with E-state index in [9.17, 15) is 10.1 Å². The molecule has 1 saturated heterocycles. The molecule has 2 atom stereocenters. The molecule has 0 radical (unpaired) electrons. The number of ether oxygens (including phenoxy) is 1. The highest BCUT2D eigenvalue weighted by Crippen LogP contribution is 2.32. The van der Waals surface area contributed by atoms with Crippen molar-refractivity contribution in [3.8, 4) is 5.75 Å². The summed E-state index contributed by atoms with van der Waals surface area (Å²) >= 11 is 5.76. The lowest BCUT2D eigenvalue weighted by Gasteiger charge is -2.29. The number of piperidine rings is 1. The van der Waals surface area contributed by atoms with E-state index in [0.29, 0.717) is 17.5 Å². The van der Waals surface area contributed by atoms with Gasteiger partial charge >= 0.3 is 5.69 Å². The number of rotatable bonds is 3. The molecule has 5 nitrogen and oxygen atoms in total. The normalized spacial score (nSPS) is 23.7. The molecule has 6 heteroatoms. The zero-order valence-electron chi connectivity index (χ0n) is 10.1. The highest BCUT2D eigenvalue weighted by Gasteiger charge is 2.25. The van der Waals surface area contributed by atoms with Crippen LogP contribution in [-0.2, 0) is 0 Å². The van der Waals surface area contributed by atoms with Crippen molar-refractivity contribution in [3.63, 3.8) is 0 Å². The van der Waals surface area contributed by atoms with Crippen LogP contribution in [0.4, 0.5) is 5.69 Å². The molecule has 1 fully saturated rings. The van der Waals surface area contributed by atoms with Gasteiger partial charge in [0, 0.05) is 17.6 Å². The number of nitrogens with one attached hydrogen (secondary N) is 1. The Morgan fingerprint density at radius 3 is 3.00 bits per heavy atom. The summed E-state index contributed by atoms with van der Waals surface area (Å²) in [5.41, 5.74) is -0.0831. The van der Waals surface area contributed by atoms with E-state index in [1.54, 1.807) is 12.1 Å². The smallest absolute Gasteiger partial charge is 0.312 e. The Labute approximate surface area is 110 Å². The summed E-state index contributed by atoms with van der Waals surface area (Å²) in [4.78, 5) is 10.5. The van der Waals surface area contributed by atoms with Crippen molar-refractivity contribution in [2.45, 2.75) is 19.4 Å². The molecule has 0 amide bonds. The lowest BCUT2D eigenvalue weighted by Crippen LogP contribution is -2.42. The molecule has 0 bridgehead atoms. The van der Waals surface area contributed by atoms with Crippen molar-refractivity contribution in [1.29, 1.82) is 0 Å². The van der Waals surface area contributed by atoms with Gasteiger partial charge in [0.15, 0.2) is 5.75 Å². The Kier molecular flexibility index (Phi) is 4.04. The van der Waals surface area contributed by atoms with Gasteiger partial charge in [-0.25, -0.2) is 0 Å². The minimum absolute atomic E-state index is 0.0429. The molecular formula is C12H15ClN2O3. The predicted octanol–water partition coefficient (Wildman–Crippen LogP) is 2.63. The maximum Gasteiger partial charge on any atom is 0.312 e. The van der Waals surface area contributed by atoms with Crippen LogP contribution in [0.15, 0.2) is 18.2 Å². The average molecular weight is 271 g/mol. The summed E-state index contributed by atoms with van der Waals surface area (Å²) < 4.78 is 5.75. The van der Waals surface area contributed by atoms with Crippen LogP contribution in [0.1, 0.15) is 13.3 Å². The van der Waals surface area contributed by atoms with Gasteiger partial charge in [0.25, 0.3) is 0 Å². The first-order valence-electron chi connectivity index (χ1n) is 5.89. The Bertz CT molecular complexity index is 453. The van der Waals surface area contributed by atoms with Crippen molar-refractivity contribution < 1.29 is 9.66 Å². The van der Waals surface area contributed by atoms with Crippen LogP contribution in [0.2, 0.25) is 5.02 Å². The zero-order chi connectivity index (χ0) is 13.1. The molecule has 0 aromatic heterocycles. The number of hydrogen-bond donors (Lipinski definition) is 1. The number of halogens is 1. The summed E-state index contributed by atoms with van der Waals surface area (Å²) in [5.74, 6) is 0.659. The summed E-state index contributed by atoms with van der Waals surface area (Å²) in [6.07, 6.45) is 0.963. The van der Waals surface area contributed by atoms with Gasteiger partial charge in [0.2, 0.25) is 0 Å². The standard InChI is InChI=1S/C12H15ClN2O3/c1-8-4-5-14-7-12(8)18-11-3-2-9(13)6-10(11)15(16)17/h2-3,6,8,12,14H,4-5,7H2,1H3. The fourth-order valence-corrected chi connectivity index (χ4v) is 2.18. The Morgan fingerprint density at radius 1 is 1.56 bits per heavy atom. The number of hydrogen-bond acceptors (Lipinski definition) is 4. The number of nitro groups is 1. The first kappa shape index (κ1) is 13.1. The van der Waals surface area contributed by atoms with Crippen LogP contribution >= 0.6 is 11.6 Å². The first-order chi connectivity index (χ1) is 8.58. The van der Waals surface area contributed by atoms with Gasteiger partial charge in [-0.1, -0.05) is 18.5 Å². The van der Waals surface area contributed by atoms with Gasteiger partial charge in [-0.3, -0.25) is 10.1 Å². The molecular weight excluding hydrogens is 256 g/mol. The molecule has 1 aromatic carbocycles. The molecule has 1 aromatic rings. The fourth-order valence-electron chi connectivity index (χ4n) is 2.01. The van der Waals surface area contributed by atoms with Crippen LogP contribution in [0.25, 0.3) is 0 Å². The lowest BCUT2D eigenvalue weighted by molar-refractivity contribution is -0.386. The van der Waals surface area contributed by atoms with E-state index < -0.39 is 4.92 Å². The fraction of sp³-hybridized carbons (Fsp3) is 0.500. The summed E-state index contributed by atoms with van der Waals surface area (Å²) in [5, 5.41) is 14.5. The molecule has 98 valence electrons. The van der Waals surface area contributed by atoms with Crippen LogP contribution in [-0.4, -0.2) is 24.1 Å². The molecule has 1 aliphatic heterocycles. The summed E-state index contributed by atoms with van der Waals surface area (Å²) in [7, 11) is 0. The van der Waals surface area contributed by atoms with Crippen LogP contribution in [0.5, 0.6) is 5.75 Å². The maximum atomic E-state index is 10.9. The summed E-state index contributed by atoms with van der Waals surface area (Å²) in [6.45, 7) is 3.76. The van der Waals surface area contributed by atoms with E-state index in [-0.39, 0.29) is 17.5 Å². The predicted molar refractivity (Wildman–Crippen MR) is 69.2 cm³/mol. The Morgan fingerprint density at radius 2 is 2.33 bits per heavy atom. The van der Waals surface area contributed by atoms with Crippen molar-refractivity contribution in [3.05, 3.63) is 33.3 Å². The number of nitro benzene ring substituents is 1. The molecule has 1 N–H and O–H groups in total. The van der Waals surface area contributed by atoms with E-state index in [4.69, 9.17) is 16.3 Å². The van der Waals surface area contributed by atoms with E-state index in [0.717, 1.165) is 13.0 Å². The topological polar surface area (TPSA) is 64.4 Å². The third-order valence-electron chi connectivity index (χ3n) is 3.15. The van der Waals surface area contributed by atoms with Crippen molar-refractivity contribution in [2.24, 2.45) is 5.92 Å². The van der Waals surface area contributed by atoms with Gasteiger partial charge in [0.05, 0.1) is 4.92 Å². The number of nitrogens with zero attached hydrogens (tertiary/aromatic N) is 1. The third-order valence-corrected chi connectivity index (χ3v) is 3.39. The third kappa shape index (κ3) is 2.91. The van der Waals surface area contributed by atoms with E-state index >= 15 is 0 Å². The number of benzene rings is 1. The highest BCUT2D eigenvalue weighted by atomic mass is 35.5. The highest BCUT2D eigenvalue weighted by molar-refractivity contribution is 6.30. The Balaban J connectivity index is 2.20. The van der Waals surface area contributed by atoms with Gasteiger partial charge in [-0.2, -0.15) is 0 Å². The van der Waals surface area contributed by atoms with Crippen LogP contribution in [0, 0.1) is 16.0 Å². The van der Waals surface area contributed by atoms with Gasteiger partial charge in [-0.15, -0.1) is 0 Å². The minimum Gasteiger partial charge on any atom is -0.482 e. The second kappa shape index (κ2) is 5.54. The van der Waals surface area contributed by atoms with E-state index in [1.165, 1.54) is 6.07 Å². The maximum absolute atomic E-state index is 10.9. The monoisotopic (exact) mass is 270 g/mol. The van der Waals surface area contributed by atoms with Gasteiger partial charge < -0.3 is 10.1 Å². The minimum atomic E-state index is -0.470. The van der Waals surface area contributed by atoms with Crippen molar-refractivity contribution >= 4 is 17.3 Å². The Hall–Kier alpha value is -1.33. The van der Waals surface area contributed by atoms with Crippen molar-refractivity contribution in [2.75, 3.05) is 13.1 Å². The molecule has 1 aliphatic rings. The SMILES string of the molecule is CC1CCNCC1Oc1ccc(Cl)cc1[N+](=O)[O-]. The zero-order valence-corrected chi connectivity index (χ0v) is 10.8. The molecule has 0 aliphatic carbocycles. The quantitative estimate of drug-likeness (QED) is 0.677. The molecule has 1 heterocycles. The second-order valence-electron chi connectivity index (χ2n) is 4.50.